The second-order valence-corrected chi connectivity index (χ2v) is 5.29. The van der Waals surface area contributed by atoms with Gasteiger partial charge in [-0.15, -0.1) is 0 Å². The Kier molecular flexibility index (Phi) is 14.1. The fraction of sp³-hybridized carbons (Fsp3) is 0.938. The molecule has 0 unspecified atom stereocenters. The molecule has 108 valence electrons. The van der Waals surface area contributed by atoms with Crippen LogP contribution in [0.25, 0.3) is 0 Å². The van der Waals surface area contributed by atoms with Gasteiger partial charge in [-0.05, 0) is 12.8 Å². The summed E-state index contributed by atoms with van der Waals surface area (Å²) in [5, 5.41) is 11.5. The zero-order chi connectivity index (χ0) is 13.5. The molecular weight excluding hydrogens is 222 g/mol. The number of rotatable bonds is 13. The quantitative estimate of drug-likeness (QED) is 0.144. The molecule has 0 atom stereocenters. The smallest absolute Gasteiger partial charge is 0.153 e. The van der Waals surface area contributed by atoms with E-state index in [0.717, 1.165) is 17.6 Å². The van der Waals surface area contributed by atoms with Crippen molar-refractivity contribution in [3.63, 3.8) is 0 Å². The zero-order valence-corrected chi connectivity index (χ0v) is 12.6. The van der Waals surface area contributed by atoms with Gasteiger partial charge in [-0.1, -0.05) is 65.2 Å². The highest BCUT2D eigenvalue weighted by atomic mass is 16.5. The molecule has 0 fully saturated rings. The molecule has 18 heavy (non-hydrogen) atoms. The van der Waals surface area contributed by atoms with E-state index in [1.54, 1.807) is 0 Å². The van der Waals surface area contributed by atoms with Crippen LogP contribution < -0.4 is 0 Å². The third-order valence-corrected chi connectivity index (χ3v) is 3.37. The van der Waals surface area contributed by atoms with Gasteiger partial charge in [0.05, 0.1) is 0 Å². The van der Waals surface area contributed by atoms with Crippen molar-refractivity contribution in [3.05, 3.63) is 5.21 Å². The molecule has 2 nitrogen and oxygen atoms in total. The van der Waals surface area contributed by atoms with Crippen LogP contribution in [0.4, 0.5) is 0 Å². The normalized spacial score (nSPS) is 12.0. The highest BCUT2D eigenvalue weighted by Crippen LogP contribution is 2.05. The summed E-state index contributed by atoms with van der Waals surface area (Å²) in [5.41, 5.74) is 0. The summed E-state index contributed by atoms with van der Waals surface area (Å²) in [6.45, 7) is 5.15. The van der Waals surface area contributed by atoms with E-state index in [4.69, 9.17) is 0 Å². The molecule has 0 amide bonds. The minimum atomic E-state index is 0.696. The van der Waals surface area contributed by atoms with Crippen molar-refractivity contribution in [2.45, 2.75) is 90.9 Å². The molecule has 0 aromatic carbocycles. The van der Waals surface area contributed by atoms with Crippen LogP contribution in [0, 0.1) is 5.21 Å². The number of hydrogen-bond acceptors (Lipinski definition) is 1. The molecule has 0 bridgehead atoms. The maximum Gasteiger partial charge on any atom is 0.153 e. The molecule has 0 saturated heterocycles. The van der Waals surface area contributed by atoms with E-state index in [1.807, 2.05) is 6.21 Å². The van der Waals surface area contributed by atoms with Gasteiger partial charge in [0.15, 0.2) is 12.8 Å². The maximum absolute atomic E-state index is 11.5. The van der Waals surface area contributed by atoms with E-state index < -0.39 is 0 Å². The minimum absolute atomic E-state index is 0.696. The Morgan fingerprint density at radius 1 is 0.722 bits per heavy atom. The zero-order valence-electron chi connectivity index (χ0n) is 12.6. The van der Waals surface area contributed by atoms with Crippen LogP contribution in [-0.2, 0) is 0 Å². The standard InChI is InChI=1S/C16H33NO/c1-3-5-7-9-11-13-15-17(18)16-14-12-10-8-6-4-2/h15H,3-14,16H2,1-2H3/b17-15-. The van der Waals surface area contributed by atoms with Crippen LogP contribution in [0.3, 0.4) is 0 Å². The third-order valence-electron chi connectivity index (χ3n) is 3.37. The number of hydroxylamine groups is 1. The van der Waals surface area contributed by atoms with Crippen LogP contribution in [-0.4, -0.2) is 17.5 Å². The Hall–Kier alpha value is -0.530. The summed E-state index contributed by atoms with van der Waals surface area (Å²) in [7, 11) is 0. The Bertz CT molecular complexity index is 190. The van der Waals surface area contributed by atoms with Crippen LogP contribution in [0.1, 0.15) is 90.9 Å². The van der Waals surface area contributed by atoms with Gasteiger partial charge in [0, 0.05) is 12.8 Å². The maximum atomic E-state index is 11.5. The van der Waals surface area contributed by atoms with E-state index in [2.05, 4.69) is 13.8 Å². The number of nitrogens with zero attached hydrogens (tertiary/aromatic N) is 1. The van der Waals surface area contributed by atoms with E-state index in [1.165, 1.54) is 64.2 Å². The highest BCUT2D eigenvalue weighted by Gasteiger charge is 1.95. The van der Waals surface area contributed by atoms with Crippen molar-refractivity contribution in [2.24, 2.45) is 0 Å². The van der Waals surface area contributed by atoms with Crippen molar-refractivity contribution >= 4 is 6.21 Å². The van der Waals surface area contributed by atoms with Gasteiger partial charge in [-0.2, -0.15) is 0 Å². The number of unbranched alkanes of at least 4 members (excludes halogenated alkanes) is 10. The minimum Gasteiger partial charge on any atom is -0.624 e. The first-order valence-corrected chi connectivity index (χ1v) is 8.08. The van der Waals surface area contributed by atoms with Gasteiger partial charge in [0.1, 0.15) is 0 Å². The van der Waals surface area contributed by atoms with Crippen molar-refractivity contribution in [1.82, 2.24) is 0 Å². The molecule has 0 radical (unpaired) electrons. The monoisotopic (exact) mass is 255 g/mol. The van der Waals surface area contributed by atoms with Crippen LogP contribution in [0.15, 0.2) is 0 Å². The van der Waals surface area contributed by atoms with Crippen molar-refractivity contribution in [2.75, 3.05) is 6.54 Å². The lowest BCUT2D eigenvalue weighted by Crippen LogP contribution is -2.06. The molecule has 0 saturated carbocycles. The summed E-state index contributed by atoms with van der Waals surface area (Å²) >= 11 is 0. The molecule has 0 spiro atoms. The van der Waals surface area contributed by atoms with Crippen molar-refractivity contribution < 1.29 is 4.74 Å². The lowest BCUT2D eigenvalue weighted by atomic mass is 10.1. The molecular formula is C16H33NO. The number of hydrogen-bond donors (Lipinski definition) is 0. The van der Waals surface area contributed by atoms with Crippen molar-refractivity contribution in [1.29, 1.82) is 0 Å². The average molecular weight is 255 g/mol. The fourth-order valence-corrected chi connectivity index (χ4v) is 2.12. The Labute approximate surface area is 114 Å². The predicted octanol–water partition coefficient (Wildman–Crippen LogP) is 5.29. The van der Waals surface area contributed by atoms with Gasteiger partial charge in [-0.25, -0.2) is 4.74 Å². The summed E-state index contributed by atoms with van der Waals surface area (Å²) in [6, 6.07) is 0. The summed E-state index contributed by atoms with van der Waals surface area (Å²) in [4.78, 5) is 0. The van der Waals surface area contributed by atoms with Gasteiger partial charge in [0.2, 0.25) is 0 Å². The SMILES string of the molecule is CCCCCCC/C=[N+](\[O-])CCCCCCCC. The van der Waals surface area contributed by atoms with E-state index in [0.29, 0.717) is 6.54 Å². The molecule has 0 aliphatic rings. The highest BCUT2D eigenvalue weighted by molar-refractivity contribution is 5.50. The molecule has 0 rings (SSSR count). The first-order valence-electron chi connectivity index (χ1n) is 8.08. The van der Waals surface area contributed by atoms with E-state index >= 15 is 0 Å². The molecule has 0 aromatic heterocycles. The molecule has 2 heteroatoms. The van der Waals surface area contributed by atoms with Gasteiger partial charge in [0.25, 0.3) is 0 Å². The summed E-state index contributed by atoms with van der Waals surface area (Å²) < 4.78 is 1.15. The van der Waals surface area contributed by atoms with E-state index in [-0.39, 0.29) is 0 Å². The van der Waals surface area contributed by atoms with Crippen molar-refractivity contribution in [3.8, 4) is 0 Å². The Morgan fingerprint density at radius 2 is 1.22 bits per heavy atom. The van der Waals surface area contributed by atoms with Crippen LogP contribution in [0.5, 0.6) is 0 Å². The average Bonchev–Trinajstić information content (AvgIpc) is 2.38. The second kappa shape index (κ2) is 14.5. The topological polar surface area (TPSA) is 26.1 Å². The predicted molar refractivity (Wildman–Crippen MR) is 81.3 cm³/mol. The molecule has 0 aliphatic heterocycles. The second-order valence-electron chi connectivity index (χ2n) is 5.29. The lowest BCUT2D eigenvalue weighted by Gasteiger charge is -2.04. The van der Waals surface area contributed by atoms with Gasteiger partial charge < -0.3 is 5.21 Å². The third kappa shape index (κ3) is 13.5. The Balaban J connectivity index is 3.26. The fourth-order valence-electron chi connectivity index (χ4n) is 2.12. The Morgan fingerprint density at radius 3 is 1.83 bits per heavy atom. The molecule has 0 aliphatic carbocycles. The van der Waals surface area contributed by atoms with Crippen LogP contribution >= 0.6 is 0 Å². The van der Waals surface area contributed by atoms with E-state index in [9.17, 15) is 5.21 Å². The largest absolute Gasteiger partial charge is 0.624 e. The summed E-state index contributed by atoms with van der Waals surface area (Å²) in [5.74, 6) is 0. The first kappa shape index (κ1) is 17.5. The van der Waals surface area contributed by atoms with Gasteiger partial charge in [-0.3, -0.25) is 0 Å². The molecule has 0 aromatic rings. The molecule has 0 N–H and O–H groups in total. The molecule has 0 heterocycles. The lowest BCUT2D eigenvalue weighted by molar-refractivity contribution is -0.454. The van der Waals surface area contributed by atoms with Gasteiger partial charge >= 0.3 is 0 Å². The van der Waals surface area contributed by atoms with Crippen LogP contribution in [0.2, 0.25) is 0 Å². The first-order chi connectivity index (χ1) is 8.81. The summed E-state index contributed by atoms with van der Waals surface area (Å²) in [6.07, 6.45) is 16.7.